The maximum absolute atomic E-state index is 13.2. The molecule has 1 fully saturated rings. The molecule has 0 bridgehead atoms. The van der Waals surface area contributed by atoms with Crippen molar-refractivity contribution in [1.82, 2.24) is 4.31 Å². The van der Waals surface area contributed by atoms with Crippen LogP contribution in [-0.4, -0.2) is 25.3 Å². The third-order valence-electron chi connectivity index (χ3n) is 4.64. The van der Waals surface area contributed by atoms with Crippen LogP contribution in [0.15, 0.2) is 33.6 Å². The zero-order valence-corrected chi connectivity index (χ0v) is 16.9. The summed E-state index contributed by atoms with van der Waals surface area (Å²) in [5, 5.41) is 8.96. The second kappa shape index (κ2) is 7.55. The van der Waals surface area contributed by atoms with Crippen molar-refractivity contribution in [2.45, 2.75) is 57.4 Å². The predicted molar refractivity (Wildman–Crippen MR) is 98.8 cm³/mol. The molecule has 0 heterocycles. The number of nitrogens with zero attached hydrogens (tertiary/aromatic N) is 2. The van der Waals surface area contributed by atoms with Crippen LogP contribution in [0.4, 0.5) is 0 Å². The van der Waals surface area contributed by atoms with E-state index in [2.05, 4.69) is 42.8 Å². The second-order valence-corrected chi connectivity index (χ2v) is 10.4. The molecule has 0 radical (unpaired) electrons. The van der Waals surface area contributed by atoms with Gasteiger partial charge in [0.05, 0.1) is 11.0 Å². The summed E-state index contributed by atoms with van der Waals surface area (Å²) in [4.78, 5) is 0.291. The SMILES string of the molecule is C[C@H]1C[C@H](N(CCC#N)S(=O)(=O)c2ccc(Br)cc2)CC(C)(C)C1. The normalized spacial score (nSPS) is 23.8. The van der Waals surface area contributed by atoms with E-state index >= 15 is 0 Å². The van der Waals surface area contributed by atoms with Gasteiger partial charge in [0, 0.05) is 23.5 Å². The molecule has 0 aliphatic heterocycles. The molecule has 2 rings (SSSR count). The van der Waals surface area contributed by atoms with Crippen molar-refractivity contribution >= 4 is 26.0 Å². The van der Waals surface area contributed by atoms with Gasteiger partial charge in [-0.2, -0.15) is 9.57 Å². The van der Waals surface area contributed by atoms with Gasteiger partial charge in [-0.05, 0) is 54.9 Å². The molecule has 2 atom stereocenters. The Balaban J connectivity index is 2.37. The number of halogens is 1. The van der Waals surface area contributed by atoms with E-state index in [0.29, 0.717) is 10.8 Å². The van der Waals surface area contributed by atoms with Crippen molar-refractivity contribution in [1.29, 1.82) is 5.26 Å². The number of rotatable bonds is 5. The van der Waals surface area contributed by atoms with Gasteiger partial charge in [0.25, 0.3) is 0 Å². The molecule has 0 unspecified atom stereocenters. The van der Waals surface area contributed by atoms with E-state index in [9.17, 15) is 8.42 Å². The van der Waals surface area contributed by atoms with Crippen molar-refractivity contribution in [3.05, 3.63) is 28.7 Å². The molecule has 0 saturated heterocycles. The largest absolute Gasteiger partial charge is 0.243 e. The Kier molecular flexibility index (Phi) is 6.11. The molecule has 1 aromatic rings. The maximum Gasteiger partial charge on any atom is 0.243 e. The highest BCUT2D eigenvalue weighted by Crippen LogP contribution is 2.41. The molecule has 6 heteroatoms. The van der Waals surface area contributed by atoms with Crippen LogP contribution in [0.2, 0.25) is 0 Å². The van der Waals surface area contributed by atoms with Gasteiger partial charge in [0.15, 0.2) is 0 Å². The molecule has 0 aromatic heterocycles. The van der Waals surface area contributed by atoms with Crippen LogP contribution in [0.25, 0.3) is 0 Å². The lowest BCUT2D eigenvalue weighted by molar-refractivity contribution is 0.112. The van der Waals surface area contributed by atoms with Gasteiger partial charge >= 0.3 is 0 Å². The Morgan fingerprint density at radius 1 is 1.29 bits per heavy atom. The van der Waals surface area contributed by atoms with E-state index in [0.717, 1.165) is 23.7 Å². The monoisotopic (exact) mass is 412 g/mol. The lowest BCUT2D eigenvalue weighted by Gasteiger charge is -2.43. The van der Waals surface area contributed by atoms with Crippen molar-refractivity contribution in [2.75, 3.05) is 6.54 Å². The van der Waals surface area contributed by atoms with Crippen LogP contribution in [0.1, 0.15) is 46.5 Å². The van der Waals surface area contributed by atoms with Gasteiger partial charge in [0.1, 0.15) is 0 Å². The zero-order chi connectivity index (χ0) is 18.0. The van der Waals surface area contributed by atoms with Crippen molar-refractivity contribution in [3.8, 4) is 6.07 Å². The van der Waals surface area contributed by atoms with Gasteiger partial charge in [0.2, 0.25) is 10.0 Å². The van der Waals surface area contributed by atoms with Gasteiger partial charge in [-0.3, -0.25) is 0 Å². The topological polar surface area (TPSA) is 61.2 Å². The Morgan fingerprint density at radius 2 is 1.92 bits per heavy atom. The molecule has 1 aromatic carbocycles. The lowest BCUT2D eigenvalue weighted by atomic mass is 9.70. The van der Waals surface area contributed by atoms with Crippen LogP contribution in [0.5, 0.6) is 0 Å². The Morgan fingerprint density at radius 3 is 2.46 bits per heavy atom. The first-order chi connectivity index (χ1) is 11.2. The predicted octanol–water partition coefficient (Wildman–Crippen LogP) is 4.57. The summed E-state index contributed by atoms with van der Waals surface area (Å²) >= 11 is 3.34. The average molecular weight is 413 g/mol. The number of hydrogen-bond acceptors (Lipinski definition) is 3. The van der Waals surface area contributed by atoms with Crippen molar-refractivity contribution < 1.29 is 8.42 Å². The first-order valence-corrected chi connectivity index (χ1v) is 10.5. The minimum Gasteiger partial charge on any atom is -0.207 e. The van der Waals surface area contributed by atoms with E-state index in [1.807, 2.05) is 0 Å². The fourth-order valence-electron chi connectivity index (χ4n) is 3.92. The van der Waals surface area contributed by atoms with Crippen LogP contribution >= 0.6 is 15.9 Å². The standard InChI is InChI=1S/C18H25BrN2O2S/c1-14-11-16(13-18(2,3)12-14)21(10-4-9-20)24(22,23)17-7-5-15(19)6-8-17/h5-8,14,16H,4,10-13H2,1-3H3/t14-,16-/m0/s1. The highest BCUT2D eigenvalue weighted by atomic mass is 79.9. The van der Waals surface area contributed by atoms with Gasteiger partial charge in [-0.15, -0.1) is 0 Å². The molecule has 0 N–H and O–H groups in total. The fraction of sp³-hybridized carbons (Fsp3) is 0.611. The van der Waals surface area contributed by atoms with Gasteiger partial charge < -0.3 is 0 Å². The van der Waals surface area contributed by atoms with Crippen LogP contribution in [-0.2, 0) is 10.0 Å². The number of sulfonamides is 1. The summed E-state index contributed by atoms with van der Waals surface area (Å²) < 4.78 is 28.7. The van der Waals surface area contributed by atoms with E-state index in [-0.39, 0.29) is 24.4 Å². The van der Waals surface area contributed by atoms with Gasteiger partial charge in [-0.25, -0.2) is 8.42 Å². The highest BCUT2D eigenvalue weighted by Gasteiger charge is 2.39. The van der Waals surface area contributed by atoms with E-state index in [4.69, 9.17) is 5.26 Å². The summed E-state index contributed by atoms with van der Waals surface area (Å²) in [6.45, 7) is 6.83. The number of hydrogen-bond donors (Lipinski definition) is 0. The van der Waals surface area contributed by atoms with Crippen LogP contribution < -0.4 is 0 Å². The molecule has 24 heavy (non-hydrogen) atoms. The number of benzene rings is 1. The molecule has 4 nitrogen and oxygen atoms in total. The molecule has 0 amide bonds. The van der Waals surface area contributed by atoms with Crippen molar-refractivity contribution in [2.24, 2.45) is 11.3 Å². The molecular weight excluding hydrogens is 388 g/mol. The zero-order valence-electron chi connectivity index (χ0n) is 14.5. The highest BCUT2D eigenvalue weighted by molar-refractivity contribution is 9.10. The van der Waals surface area contributed by atoms with Crippen LogP contribution in [0, 0.1) is 22.7 Å². The number of nitriles is 1. The smallest absolute Gasteiger partial charge is 0.207 e. The first kappa shape index (κ1) is 19.4. The Hall–Kier alpha value is -0.900. The molecule has 1 saturated carbocycles. The van der Waals surface area contributed by atoms with Crippen molar-refractivity contribution in [3.63, 3.8) is 0 Å². The molecule has 0 spiro atoms. The first-order valence-electron chi connectivity index (χ1n) is 8.30. The summed E-state index contributed by atoms with van der Waals surface area (Å²) in [7, 11) is -3.60. The second-order valence-electron chi connectivity index (χ2n) is 7.54. The molecule has 1 aliphatic carbocycles. The maximum atomic E-state index is 13.2. The molecular formula is C18H25BrN2O2S. The summed E-state index contributed by atoms with van der Waals surface area (Å²) in [5.74, 6) is 0.475. The summed E-state index contributed by atoms with van der Waals surface area (Å²) in [6.07, 6.45) is 3.00. The Labute approximate surface area is 154 Å². The summed E-state index contributed by atoms with van der Waals surface area (Å²) in [5.41, 5.74) is 0.114. The lowest BCUT2D eigenvalue weighted by Crippen LogP contribution is -2.46. The molecule has 1 aliphatic rings. The van der Waals surface area contributed by atoms with E-state index in [1.54, 1.807) is 28.6 Å². The quantitative estimate of drug-likeness (QED) is 0.711. The molecule has 132 valence electrons. The Bertz CT molecular complexity index is 708. The fourth-order valence-corrected chi connectivity index (χ4v) is 5.82. The van der Waals surface area contributed by atoms with Gasteiger partial charge in [-0.1, -0.05) is 36.7 Å². The minimum atomic E-state index is -3.60. The van der Waals surface area contributed by atoms with Crippen LogP contribution in [0.3, 0.4) is 0 Å². The minimum absolute atomic E-state index is 0.0502. The summed E-state index contributed by atoms with van der Waals surface area (Å²) in [6, 6.07) is 8.76. The third kappa shape index (κ3) is 4.59. The van der Waals surface area contributed by atoms with E-state index < -0.39 is 10.0 Å². The third-order valence-corrected chi connectivity index (χ3v) is 7.13. The van der Waals surface area contributed by atoms with E-state index in [1.165, 1.54) is 0 Å². The average Bonchev–Trinajstić information content (AvgIpc) is 2.45.